The first-order valence-corrected chi connectivity index (χ1v) is 9.44. The number of benzene rings is 1. The molecule has 0 aliphatic rings. The van der Waals surface area contributed by atoms with Crippen LogP contribution in [0.1, 0.15) is 29.6 Å². The van der Waals surface area contributed by atoms with E-state index in [-0.39, 0.29) is 5.56 Å². The molecule has 6 nitrogen and oxygen atoms in total. The van der Waals surface area contributed by atoms with Gasteiger partial charge >= 0.3 is 0 Å². The van der Waals surface area contributed by atoms with Gasteiger partial charge in [-0.05, 0) is 66.0 Å². The van der Waals surface area contributed by atoms with Gasteiger partial charge < -0.3 is 15.8 Å². The van der Waals surface area contributed by atoms with Crippen molar-refractivity contribution in [1.82, 2.24) is 10.3 Å². The SMILES string of the molecule is NCCCC[C@H](NC(=O)c1cccnc1Br)C(=O)COc1c(F)cccc1F. The van der Waals surface area contributed by atoms with Gasteiger partial charge in [0.15, 0.2) is 23.2 Å². The molecule has 150 valence electrons. The highest BCUT2D eigenvalue weighted by molar-refractivity contribution is 9.10. The van der Waals surface area contributed by atoms with E-state index in [1.807, 2.05) is 0 Å². The van der Waals surface area contributed by atoms with Crippen molar-refractivity contribution in [3.05, 3.63) is 58.3 Å². The number of aromatic nitrogens is 1. The summed E-state index contributed by atoms with van der Waals surface area (Å²) in [5.74, 6) is -3.44. The molecule has 1 amide bonds. The highest BCUT2D eigenvalue weighted by Gasteiger charge is 2.23. The number of unbranched alkanes of at least 4 members (excludes halogenated alkanes) is 1. The Bertz CT molecular complexity index is 816. The van der Waals surface area contributed by atoms with Gasteiger partial charge in [-0.1, -0.05) is 6.07 Å². The molecule has 0 unspecified atom stereocenters. The average molecular weight is 456 g/mol. The van der Waals surface area contributed by atoms with Crippen LogP contribution >= 0.6 is 15.9 Å². The van der Waals surface area contributed by atoms with Gasteiger partial charge in [-0.3, -0.25) is 9.59 Å². The molecule has 0 radical (unpaired) electrons. The van der Waals surface area contributed by atoms with Crippen LogP contribution in [0.5, 0.6) is 5.75 Å². The zero-order valence-corrected chi connectivity index (χ0v) is 16.5. The molecule has 3 N–H and O–H groups in total. The zero-order valence-electron chi connectivity index (χ0n) is 15.0. The molecule has 9 heteroatoms. The Hall–Kier alpha value is -2.39. The van der Waals surface area contributed by atoms with Crippen LogP contribution in [-0.4, -0.2) is 35.9 Å². The van der Waals surface area contributed by atoms with Gasteiger partial charge in [0.1, 0.15) is 11.2 Å². The van der Waals surface area contributed by atoms with Crippen molar-refractivity contribution in [2.24, 2.45) is 5.73 Å². The van der Waals surface area contributed by atoms with Crippen molar-refractivity contribution in [3.63, 3.8) is 0 Å². The first kappa shape index (κ1) is 21.9. The van der Waals surface area contributed by atoms with E-state index in [0.29, 0.717) is 30.4 Å². The number of pyridine rings is 1. The van der Waals surface area contributed by atoms with Gasteiger partial charge in [-0.25, -0.2) is 13.8 Å². The predicted molar refractivity (Wildman–Crippen MR) is 103 cm³/mol. The number of rotatable bonds is 10. The first-order valence-electron chi connectivity index (χ1n) is 8.65. The van der Waals surface area contributed by atoms with Crippen molar-refractivity contribution in [2.45, 2.75) is 25.3 Å². The fourth-order valence-corrected chi connectivity index (χ4v) is 2.89. The van der Waals surface area contributed by atoms with Crippen LogP contribution in [0, 0.1) is 11.6 Å². The standard InChI is InChI=1S/C19H20BrF2N3O3/c20-18-12(5-4-10-24-18)19(27)25-15(8-1-2-9-23)16(26)11-28-17-13(21)6-3-7-14(17)22/h3-7,10,15H,1-2,8-9,11,23H2,(H,25,27)/t15-/m0/s1. The van der Waals surface area contributed by atoms with Gasteiger partial charge in [0.05, 0.1) is 11.6 Å². The van der Waals surface area contributed by atoms with E-state index in [2.05, 4.69) is 26.2 Å². The monoisotopic (exact) mass is 455 g/mol. The Morgan fingerprint density at radius 1 is 1.18 bits per heavy atom. The maximum absolute atomic E-state index is 13.7. The van der Waals surface area contributed by atoms with E-state index < -0.39 is 41.7 Å². The molecule has 0 spiro atoms. The smallest absolute Gasteiger partial charge is 0.254 e. The van der Waals surface area contributed by atoms with E-state index in [0.717, 1.165) is 12.1 Å². The van der Waals surface area contributed by atoms with E-state index in [9.17, 15) is 18.4 Å². The van der Waals surface area contributed by atoms with Crippen LogP contribution in [-0.2, 0) is 4.79 Å². The number of amides is 1. The molecule has 1 heterocycles. The Balaban J connectivity index is 2.07. The summed E-state index contributed by atoms with van der Waals surface area (Å²) in [5.41, 5.74) is 5.74. The van der Waals surface area contributed by atoms with Gasteiger partial charge in [0, 0.05) is 6.20 Å². The third-order valence-corrected chi connectivity index (χ3v) is 4.55. The fraction of sp³-hybridized carbons (Fsp3) is 0.316. The summed E-state index contributed by atoms with van der Waals surface area (Å²) in [6.07, 6.45) is 3.10. The molecule has 0 aliphatic heterocycles. The largest absolute Gasteiger partial charge is 0.480 e. The second kappa shape index (κ2) is 10.8. The highest BCUT2D eigenvalue weighted by atomic mass is 79.9. The van der Waals surface area contributed by atoms with Crippen molar-refractivity contribution < 1.29 is 23.1 Å². The molecule has 28 heavy (non-hydrogen) atoms. The van der Waals surface area contributed by atoms with Crippen LogP contribution < -0.4 is 15.8 Å². The number of nitrogens with two attached hydrogens (primary N) is 1. The average Bonchev–Trinajstić information content (AvgIpc) is 2.67. The number of ether oxygens (including phenoxy) is 1. The number of carbonyl (C=O) groups excluding carboxylic acids is 2. The molecular weight excluding hydrogens is 436 g/mol. The summed E-state index contributed by atoms with van der Waals surface area (Å²) in [5, 5.41) is 2.63. The second-order valence-electron chi connectivity index (χ2n) is 5.96. The Kier molecular flexibility index (Phi) is 8.46. The van der Waals surface area contributed by atoms with Gasteiger partial charge in [0.2, 0.25) is 0 Å². The lowest BCUT2D eigenvalue weighted by molar-refractivity contribution is -0.123. The number of nitrogens with zero attached hydrogens (tertiary/aromatic N) is 1. The number of ketones is 1. The highest BCUT2D eigenvalue weighted by Crippen LogP contribution is 2.21. The summed E-state index contributed by atoms with van der Waals surface area (Å²) >= 11 is 3.18. The number of Topliss-reactive ketones (excluding diaryl/α,β-unsaturated/α-hetero) is 1. The van der Waals surface area contributed by atoms with Crippen molar-refractivity contribution in [2.75, 3.05) is 13.2 Å². The Morgan fingerprint density at radius 2 is 1.89 bits per heavy atom. The summed E-state index contributed by atoms with van der Waals surface area (Å²) in [7, 11) is 0. The van der Waals surface area contributed by atoms with Crippen LogP contribution in [0.4, 0.5) is 8.78 Å². The molecule has 0 bridgehead atoms. The van der Waals surface area contributed by atoms with Crippen molar-refractivity contribution in [1.29, 1.82) is 0 Å². The molecule has 1 aromatic heterocycles. The van der Waals surface area contributed by atoms with Gasteiger partial charge in [-0.2, -0.15) is 0 Å². The van der Waals surface area contributed by atoms with E-state index in [1.165, 1.54) is 12.3 Å². The molecule has 0 aliphatic carbocycles. The lowest BCUT2D eigenvalue weighted by Gasteiger charge is -2.18. The molecular formula is C19H20BrF2N3O3. The minimum Gasteiger partial charge on any atom is -0.480 e. The third-order valence-electron chi connectivity index (χ3n) is 3.92. The number of halogens is 3. The summed E-state index contributed by atoms with van der Waals surface area (Å²) < 4.78 is 32.7. The zero-order chi connectivity index (χ0) is 20.5. The maximum Gasteiger partial charge on any atom is 0.254 e. The minimum atomic E-state index is -0.907. The quantitative estimate of drug-likeness (QED) is 0.424. The molecule has 0 fully saturated rings. The van der Waals surface area contributed by atoms with Gasteiger partial charge in [0.25, 0.3) is 5.91 Å². The van der Waals surface area contributed by atoms with Gasteiger partial charge in [-0.15, -0.1) is 0 Å². The lowest BCUT2D eigenvalue weighted by Crippen LogP contribution is -2.43. The van der Waals surface area contributed by atoms with Crippen molar-refractivity contribution >= 4 is 27.6 Å². The molecule has 2 aromatic rings. The van der Waals surface area contributed by atoms with Crippen LogP contribution in [0.3, 0.4) is 0 Å². The van der Waals surface area contributed by atoms with Crippen LogP contribution in [0.15, 0.2) is 41.1 Å². The predicted octanol–water partition coefficient (Wildman–Crippen LogP) is 3.00. The van der Waals surface area contributed by atoms with E-state index in [4.69, 9.17) is 10.5 Å². The van der Waals surface area contributed by atoms with Crippen LogP contribution in [0.2, 0.25) is 0 Å². The summed E-state index contributed by atoms with van der Waals surface area (Å²) in [4.78, 5) is 29.0. The Morgan fingerprint density at radius 3 is 2.54 bits per heavy atom. The number of hydrogen-bond acceptors (Lipinski definition) is 5. The molecule has 0 saturated carbocycles. The third kappa shape index (κ3) is 6.07. The first-order chi connectivity index (χ1) is 13.4. The van der Waals surface area contributed by atoms with Crippen LogP contribution in [0.25, 0.3) is 0 Å². The number of nitrogens with one attached hydrogen (secondary N) is 1. The Labute approximate surface area is 169 Å². The fourth-order valence-electron chi connectivity index (χ4n) is 2.46. The lowest BCUT2D eigenvalue weighted by atomic mass is 10.0. The topological polar surface area (TPSA) is 94.3 Å². The molecule has 1 atom stereocenters. The molecule has 1 aromatic carbocycles. The maximum atomic E-state index is 13.7. The van der Waals surface area contributed by atoms with Crippen molar-refractivity contribution in [3.8, 4) is 5.75 Å². The number of carbonyl (C=O) groups is 2. The number of hydrogen-bond donors (Lipinski definition) is 2. The molecule has 2 rings (SSSR count). The number of para-hydroxylation sites is 1. The second-order valence-corrected chi connectivity index (χ2v) is 6.71. The normalized spacial score (nSPS) is 11.7. The summed E-state index contributed by atoms with van der Waals surface area (Å²) in [6, 6.07) is 5.52. The molecule has 0 saturated heterocycles. The minimum absolute atomic E-state index is 0.264. The van der Waals surface area contributed by atoms with E-state index in [1.54, 1.807) is 12.1 Å². The van der Waals surface area contributed by atoms with E-state index >= 15 is 0 Å². The summed E-state index contributed by atoms with van der Waals surface area (Å²) in [6.45, 7) is -0.139.